The topological polar surface area (TPSA) is 66.6 Å². The monoisotopic (exact) mass is 275 g/mol. The number of amides is 2. The lowest BCUT2D eigenvalue weighted by atomic mass is 10.1. The molecule has 1 aromatic rings. The lowest BCUT2D eigenvalue weighted by Crippen LogP contribution is -2.34. The highest BCUT2D eigenvalue weighted by Crippen LogP contribution is 2.24. The van der Waals surface area contributed by atoms with Crippen LogP contribution in [0.15, 0.2) is 18.2 Å². The Morgan fingerprint density at radius 3 is 2.50 bits per heavy atom. The molecule has 0 atom stereocenters. The van der Waals surface area contributed by atoms with Gasteiger partial charge in [-0.25, -0.2) is 0 Å². The number of carbonyl (C=O) groups excluding carboxylic acids is 2. The molecule has 1 aliphatic rings. The smallest absolute Gasteiger partial charge is 0.261 e. The van der Waals surface area contributed by atoms with E-state index in [1.54, 1.807) is 18.2 Å². The fourth-order valence-corrected chi connectivity index (χ4v) is 2.25. The Morgan fingerprint density at radius 2 is 1.85 bits per heavy atom. The van der Waals surface area contributed by atoms with E-state index in [4.69, 9.17) is 5.73 Å². The van der Waals surface area contributed by atoms with E-state index >= 15 is 0 Å². The van der Waals surface area contributed by atoms with Crippen molar-refractivity contribution in [1.29, 1.82) is 0 Å². The molecular formula is C15H21N3O2. The first kappa shape index (κ1) is 14.5. The molecule has 0 spiro atoms. The third-order valence-corrected chi connectivity index (χ3v) is 3.77. The molecule has 1 aliphatic heterocycles. The molecule has 0 aromatic heterocycles. The van der Waals surface area contributed by atoms with Gasteiger partial charge in [-0.2, -0.15) is 0 Å². The lowest BCUT2D eigenvalue weighted by Gasteiger charge is -2.22. The summed E-state index contributed by atoms with van der Waals surface area (Å²) < 4.78 is 0. The normalized spacial score (nSPS) is 14.6. The van der Waals surface area contributed by atoms with Crippen LogP contribution in [0, 0.1) is 0 Å². The van der Waals surface area contributed by atoms with E-state index < -0.39 is 0 Å². The van der Waals surface area contributed by atoms with Crippen molar-refractivity contribution in [3.63, 3.8) is 0 Å². The van der Waals surface area contributed by atoms with Crippen LogP contribution in [0.2, 0.25) is 0 Å². The molecule has 1 aromatic carbocycles. The average molecular weight is 275 g/mol. The highest BCUT2D eigenvalue weighted by Gasteiger charge is 2.34. The number of nitrogens with zero attached hydrogens (tertiary/aromatic N) is 2. The van der Waals surface area contributed by atoms with Crippen molar-refractivity contribution in [2.75, 3.05) is 25.9 Å². The molecule has 0 unspecified atom stereocenters. The molecular weight excluding hydrogens is 254 g/mol. The van der Waals surface area contributed by atoms with Crippen molar-refractivity contribution >= 4 is 17.5 Å². The number of benzene rings is 1. The van der Waals surface area contributed by atoms with Crippen molar-refractivity contribution < 1.29 is 9.59 Å². The number of imide groups is 1. The zero-order valence-corrected chi connectivity index (χ0v) is 12.2. The number of carbonyl (C=O) groups is 2. The first-order valence-electron chi connectivity index (χ1n) is 6.87. The zero-order valence-electron chi connectivity index (χ0n) is 12.2. The van der Waals surface area contributed by atoms with Gasteiger partial charge in [0.15, 0.2) is 0 Å². The summed E-state index contributed by atoms with van der Waals surface area (Å²) in [5.74, 6) is -0.443. The third-order valence-electron chi connectivity index (χ3n) is 3.77. The molecule has 1 heterocycles. The van der Waals surface area contributed by atoms with Crippen LogP contribution in [0.25, 0.3) is 0 Å². The van der Waals surface area contributed by atoms with Crippen molar-refractivity contribution in [2.24, 2.45) is 0 Å². The summed E-state index contributed by atoms with van der Waals surface area (Å²) in [6.07, 6.45) is 0.773. The highest BCUT2D eigenvalue weighted by molar-refractivity contribution is 6.21. The van der Waals surface area contributed by atoms with Gasteiger partial charge in [-0.15, -0.1) is 0 Å². The maximum absolute atomic E-state index is 12.2. The second-order valence-corrected chi connectivity index (χ2v) is 5.49. The summed E-state index contributed by atoms with van der Waals surface area (Å²) in [6.45, 7) is 5.53. The van der Waals surface area contributed by atoms with E-state index in [0.29, 0.717) is 29.4 Å². The van der Waals surface area contributed by atoms with E-state index in [9.17, 15) is 9.59 Å². The Kier molecular flexibility index (Phi) is 4.09. The van der Waals surface area contributed by atoms with Crippen LogP contribution in [-0.2, 0) is 0 Å². The minimum atomic E-state index is -0.232. The number of nitrogen functional groups attached to an aromatic ring is 1. The first-order valence-corrected chi connectivity index (χ1v) is 6.87. The Hall–Kier alpha value is -1.88. The molecule has 108 valence electrons. The fourth-order valence-electron chi connectivity index (χ4n) is 2.25. The van der Waals surface area contributed by atoms with E-state index in [0.717, 1.165) is 13.0 Å². The number of hydrogen-bond acceptors (Lipinski definition) is 4. The molecule has 0 saturated carbocycles. The number of rotatable bonds is 5. The van der Waals surface area contributed by atoms with E-state index in [-0.39, 0.29) is 11.8 Å². The molecule has 20 heavy (non-hydrogen) atoms. The highest BCUT2D eigenvalue weighted by atomic mass is 16.2. The van der Waals surface area contributed by atoms with Crippen molar-refractivity contribution in [3.05, 3.63) is 29.3 Å². The quantitative estimate of drug-likeness (QED) is 0.654. The Labute approximate surface area is 119 Å². The van der Waals surface area contributed by atoms with Gasteiger partial charge in [0.05, 0.1) is 11.1 Å². The zero-order chi connectivity index (χ0) is 14.9. The largest absolute Gasteiger partial charge is 0.399 e. The van der Waals surface area contributed by atoms with Crippen molar-refractivity contribution in [1.82, 2.24) is 9.80 Å². The van der Waals surface area contributed by atoms with Gasteiger partial charge in [-0.05, 0) is 52.1 Å². The molecule has 5 nitrogen and oxygen atoms in total. The van der Waals surface area contributed by atoms with Gasteiger partial charge in [-0.1, -0.05) is 0 Å². The van der Waals surface area contributed by atoms with Gasteiger partial charge < -0.3 is 10.6 Å². The molecule has 0 radical (unpaired) electrons. The average Bonchev–Trinajstić information content (AvgIpc) is 2.63. The summed E-state index contributed by atoms with van der Waals surface area (Å²) in [5.41, 5.74) is 7.06. The molecule has 2 rings (SSSR count). The van der Waals surface area contributed by atoms with Crippen molar-refractivity contribution in [2.45, 2.75) is 26.3 Å². The Bertz CT molecular complexity index is 540. The summed E-state index contributed by atoms with van der Waals surface area (Å²) >= 11 is 0. The van der Waals surface area contributed by atoms with Crippen LogP contribution in [0.5, 0.6) is 0 Å². The van der Waals surface area contributed by atoms with Gasteiger partial charge in [0.25, 0.3) is 11.8 Å². The van der Waals surface area contributed by atoms with Crippen LogP contribution in [0.3, 0.4) is 0 Å². The number of fused-ring (bicyclic) bond motifs is 1. The van der Waals surface area contributed by atoms with Crippen molar-refractivity contribution in [3.8, 4) is 0 Å². The van der Waals surface area contributed by atoms with E-state index in [1.165, 1.54) is 4.90 Å². The van der Waals surface area contributed by atoms with Gasteiger partial charge >= 0.3 is 0 Å². The molecule has 0 bridgehead atoms. The predicted octanol–water partition coefficient (Wildman–Crippen LogP) is 1.60. The van der Waals surface area contributed by atoms with Crippen LogP contribution in [0.4, 0.5) is 5.69 Å². The minimum absolute atomic E-state index is 0.211. The molecule has 0 fully saturated rings. The van der Waals surface area contributed by atoms with Crippen LogP contribution in [-0.4, -0.2) is 47.8 Å². The summed E-state index contributed by atoms with van der Waals surface area (Å²) in [5, 5.41) is 0. The van der Waals surface area contributed by atoms with Gasteiger partial charge in [0, 0.05) is 18.3 Å². The Morgan fingerprint density at radius 1 is 1.20 bits per heavy atom. The molecule has 0 aliphatic carbocycles. The first-order chi connectivity index (χ1) is 9.41. The lowest BCUT2D eigenvalue weighted by molar-refractivity contribution is 0.0647. The SMILES string of the molecule is CC(C)N(C)CCCN1C(=O)c2ccc(N)cc2C1=O. The van der Waals surface area contributed by atoms with Gasteiger partial charge in [0.2, 0.25) is 0 Å². The summed E-state index contributed by atoms with van der Waals surface area (Å²) in [4.78, 5) is 27.9. The fraction of sp³-hybridized carbons (Fsp3) is 0.467. The summed E-state index contributed by atoms with van der Waals surface area (Å²) in [7, 11) is 2.04. The van der Waals surface area contributed by atoms with Gasteiger partial charge in [0.1, 0.15) is 0 Å². The molecule has 5 heteroatoms. The number of nitrogens with two attached hydrogens (primary N) is 1. The maximum atomic E-state index is 12.2. The Balaban J connectivity index is 2.02. The predicted molar refractivity (Wildman–Crippen MR) is 78.6 cm³/mol. The summed E-state index contributed by atoms with van der Waals surface area (Å²) in [6, 6.07) is 5.32. The van der Waals surface area contributed by atoms with Gasteiger partial charge in [-0.3, -0.25) is 14.5 Å². The number of anilines is 1. The minimum Gasteiger partial charge on any atom is -0.399 e. The standard InChI is InChI=1S/C15H21N3O2/c1-10(2)17(3)7-4-8-18-14(19)12-6-5-11(16)9-13(12)15(18)20/h5-6,9-10H,4,7-8,16H2,1-3H3. The maximum Gasteiger partial charge on any atom is 0.261 e. The molecule has 2 N–H and O–H groups in total. The number of hydrogen-bond donors (Lipinski definition) is 1. The van der Waals surface area contributed by atoms with Crippen LogP contribution < -0.4 is 5.73 Å². The second-order valence-electron chi connectivity index (χ2n) is 5.49. The molecule has 0 saturated heterocycles. The second kappa shape index (κ2) is 5.63. The molecule has 2 amide bonds. The van der Waals surface area contributed by atoms with Crippen LogP contribution in [0.1, 0.15) is 41.0 Å². The van der Waals surface area contributed by atoms with E-state index in [2.05, 4.69) is 18.7 Å². The third kappa shape index (κ3) is 2.67. The van der Waals surface area contributed by atoms with E-state index in [1.807, 2.05) is 7.05 Å². The van der Waals surface area contributed by atoms with Crippen LogP contribution >= 0.6 is 0 Å².